The number of nitrogens with one attached hydrogen (secondary N) is 1. The van der Waals surface area contributed by atoms with Crippen molar-refractivity contribution in [1.82, 2.24) is 5.32 Å². The van der Waals surface area contributed by atoms with Gasteiger partial charge >= 0.3 is 5.97 Å². The molecule has 1 aliphatic carbocycles. The van der Waals surface area contributed by atoms with Crippen LogP contribution in [0.2, 0.25) is 0 Å². The lowest BCUT2D eigenvalue weighted by atomic mass is 9.77. The number of aryl methyl sites for hydroxylation is 1. The zero-order chi connectivity index (χ0) is 17.6. The molecule has 0 spiro atoms. The SMILES string of the molecule is O=C(CCc1ccccc1C(=O)O)NC(c1ccccc1)C1CCC1. The lowest BCUT2D eigenvalue weighted by Crippen LogP contribution is -2.36. The number of hydrogen-bond acceptors (Lipinski definition) is 2. The van der Waals surface area contributed by atoms with E-state index in [-0.39, 0.29) is 17.5 Å². The number of amides is 1. The van der Waals surface area contributed by atoms with E-state index in [4.69, 9.17) is 0 Å². The minimum absolute atomic E-state index is 0.0269. The van der Waals surface area contributed by atoms with Crippen molar-refractivity contribution in [3.05, 3.63) is 71.3 Å². The summed E-state index contributed by atoms with van der Waals surface area (Å²) in [5.41, 5.74) is 2.12. The van der Waals surface area contributed by atoms with Crippen molar-refractivity contribution >= 4 is 11.9 Å². The van der Waals surface area contributed by atoms with Crippen molar-refractivity contribution in [2.24, 2.45) is 5.92 Å². The molecule has 0 aromatic heterocycles. The number of carboxylic acid groups (broad SMARTS) is 1. The molecular formula is C21H23NO3. The predicted octanol–water partition coefficient (Wildman–Crippen LogP) is 3.98. The summed E-state index contributed by atoms with van der Waals surface area (Å²) in [6.45, 7) is 0. The highest BCUT2D eigenvalue weighted by Crippen LogP contribution is 2.37. The number of rotatable bonds is 7. The van der Waals surface area contributed by atoms with E-state index >= 15 is 0 Å². The summed E-state index contributed by atoms with van der Waals surface area (Å²) in [7, 11) is 0. The fraction of sp³-hybridized carbons (Fsp3) is 0.333. The molecule has 1 amide bonds. The highest BCUT2D eigenvalue weighted by molar-refractivity contribution is 5.89. The first-order valence-corrected chi connectivity index (χ1v) is 8.80. The largest absolute Gasteiger partial charge is 0.478 e. The zero-order valence-corrected chi connectivity index (χ0v) is 14.2. The lowest BCUT2D eigenvalue weighted by Gasteiger charge is -2.34. The van der Waals surface area contributed by atoms with Gasteiger partial charge in [-0.3, -0.25) is 4.79 Å². The molecule has 0 heterocycles. The Bertz CT molecular complexity index is 738. The van der Waals surface area contributed by atoms with Crippen LogP contribution in [0.1, 0.15) is 53.2 Å². The summed E-state index contributed by atoms with van der Waals surface area (Å²) in [6.07, 6.45) is 4.22. The lowest BCUT2D eigenvalue weighted by molar-refractivity contribution is -0.122. The van der Waals surface area contributed by atoms with E-state index in [0.29, 0.717) is 24.3 Å². The molecule has 130 valence electrons. The second kappa shape index (κ2) is 7.97. The highest BCUT2D eigenvalue weighted by Gasteiger charge is 2.29. The monoisotopic (exact) mass is 337 g/mol. The normalized spacial score (nSPS) is 15.2. The molecule has 2 aromatic carbocycles. The predicted molar refractivity (Wildman–Crippen MR) is 96.4 cm³/mol. The van der Waals surface area contributed by atoms with E-state index in [2.05, 4.69) is 17.4 Å². The Hall–Kier alpha value is -2.62. The number of hydrogen-bond donors (Lipinski definition) is 2. The minimum atomic E-state index is -0.951. The van der Waals surface area contributed by atoms with E-state index in [1.165, 1.54) is 6.42 Å². The van der Waals surface area contributed by atoms with Crippen LogP contribution >= 0.6 is 0 Å². The molecule has 25 heavy (non-hydrogen) atoms. The van der Waals surface area contributed by atoms with Crippen LogP contribution in [0.5, 0.6) is 0 Å². The van der Waals surface area contributed by atoms with Crippen LogP contribution in [0.4, 0.5) is 0 Å². The molecule has 1 atom stereocenters. The third kappa shape index (κ3) is 4.27. The van der Waals surface area contributed by atoms with E-state index in [1.807, 2.05) is 18.2 Å². The van der Waals surface area contributed by atoms with Gasteiger partial charge in [0, 0.05) is 6.42 Å². The van der Waals surface area contributed by atoms with Crippen molar-refractivity contribution in [3.8, 4) is 0 Å². The van der Waals surface area contributed by atoms with Gasteiger partial charge in [-0.15, -0.1) is 0 Å². The van der Waals surface area contributed by atoms with Gasteiger partial charge in [-0.05, 0) is 42.4 Å². The molecule has 0 aliphatic heterocycles. The molecule has 1 unspecified atom stereocenters. The molecule has 4 nitrogen and oxygen atoms in total. The highest BCUT2D eigenvalue weighted by atomic mass is 16.4. The van der Waals surface area contributed by atoms with Crippen LogP contribution in [0.3, 0.4) is 0 Å². The Morgan fingerprint density at radius 3 is 2.36 bits per heavy atom. The summed E-state index contributed by atoms with van der Waals surface area (Å²) < 4.78 is 0. The van der Waals surface area contributed by atoms with Gasteiger partial charge in [0.2, 0.25) is 5.91 Å². The van der Waals surface area contributed by atoms with Gasteiger partial charge in [0.05, 0.1) is 11.6 Å². The summed E-state index contributed by atoms with van der Waals surface area (Å²) in [6, 6.07) is 17.0. The van der Waals surface area contributed by atoms with Crippen LogP contribution < -0.4 is 5.32 Å². The van der Waals surface area contributed by atoms with E-state index < -0.39 is 5.97 Å². The number of aromatic carboxylic acids is 1. The number of benzene rings is 2. The number of carbonyl (C=O) groups excluding carboxylic acids is 1. The first-order valence-electron chi connectivity index (χ1n) is 8.80. The zero-order valence-electron chi connectivity index (χ0n) is 14.2. The third-order valence-corrected chi connectivity index (χ3v) is 4.97. The average molecular weight is 337 g/mol. The summed E-state index contributed by atoms with van der Waals surface area (Å²) >= 11 is 0. The van der Waals surface area contributed by atoms with Crippen LogP contribution in [-0.4, -0.2) is 17.0 Å². The molecule has 1 fully saturated rings. The standard InChI is InChI=1S/C21H23NO3/c23-19(14-13-15-7-4-5-12-18(15)21(24)25)22-20(17-10-6-11-17)16-8-2-1-3-9-16/h1-5,7-9,12,17,20H,6,10-11,13-14H2,(H,22,23)(H,24,25). The smallest absolute Gasteiger partial charge is 0.335 e. The quantitative estimate of drug-likeness (QED) is 0.803. The van der Waals surface area contributed by atoms with Crippen LogP contribution in [0.15, 0.2) is 54.6 Å². The van der Waals surface area contributed by atoms with Crippen LogP contribution in [0.25, 0.3) is 0 Å². The second-order valence-electron chi connectivity index (χ2n) is 6.61. The van der Waals surface area contributed by atoms with Crippen molar-refractivity contribution < 1.29 is 14.7 Å². The topological polar surface area (TPSA) is 66.4 Å². The van der Waals surface area contributed by atoms with E-state index in [9.17, 15) is 14.7 Å². The fourth-order valence-electron chi connectivity index (χ4n) is 3.35. The van der Waals surface area contributed by atoms with Gasteiger partial charge in [0.1, 0.15) is 0 Å². The molecule has 0 radical (unpaired) electrons. The van der Waals surface area contributed by atoms with E-state index in [1.54, 1.807) is 24.3 Å². The average Bonchev–Trinajstić information content (AvgIpc) is 2.59. The first-order chi connectivity index (χ1) is 12.1. The molecule has 2 N–H and O–H groups in total. The third-order valence-electron chi connectivity index (χ3n) is 4.97. The van der Waals surface area contributed by atoms with Gasteiger partial charge in [-0.2, -0.15) is 0 Å². The van der Waals surface area contributed by atoms with Crippen molar-refractivity contribution in [2.75, 3.05) is 0 Å². The maximum atomic E-state index is 12.5. The minimum Gasteiger partial charge on any atom is -0.478 e. The number of carboxylic acids is 1. The number of carbonyl (C=O) groups is 2. The summed E-state index contributed by atoms with van der Waals surface area (Å²) in [5, 5.41) is 12.4. The maximum absolute atomic E-state index is 12.5. The summed E-state index contributed by atoms with van der Waals surface area (Å²) in [4.78, 5) is 23.7. The van der Waals surface area contributed by atoms with Gasteiger partial charge in [-0.1, -0.05) is 55.0 Å². The van der Waals surface area contributed by atoms with Crippen LogP contribution in [0, 0.1) is 5.92 Å². The van der Waals surface area contributed by atoms with Gasteiger partial charge in [0.15, 0.2) is 0 Å². The molecular weight excluding hydrogens is 314 g/mol. The molecule has 0 bridgehead atoms. The van der Waals surface area contributed by atoms with Crippen LogP contribution in [-0.2, 0) is 11.2 Å². The molecule has 3 rings (SSSR count). The van der Waals surface area contributed by atoms with Crippen molar-refractivity contribution in [3.63, 3.8) is 0 Å². The van der Waals surface area contributed by atoms with Gasteiger partial charge < -0.3 is 10.4 Å². The Kier molecular flexibility index (Phi) is 5.49. The first kappa shape index (κ1) is 17.2. The van der Waals surface area contributed by atoms with Gasteiger partial charge in [-0.25, -0.2) is 4.79 Å². The molecule has 4 heteroatoms. The molecule has 1 saturated carbocycles. The molecule has 1 aliphatic rings. The molecule has 2 aromatic rings. The fourth-order valence-corrected chi connectivity index (χ4v) is 3.35. The summed E-state index contributed by atoms with van der Waals surface area (Å²) in [5.74, 6) is -0.480. The van der Waals surface area contributed by atoms with Crippen molar-refractivity contribution in [2.45, 2.75) is 38.1 Å². The van der Waals surface area contributed by atoms with E-state index in [0.717, 1.165) is 18.4 Å². The second-order valence-corrected chi connectivity index (χ2v) is 6.61. The Labute approximate surface area is 147 Å². The maximum Gasteiger partial charge on any atom is 0.335 e. The molecule has 0 saturated heterocycles. The van der Waals surface area contributed by atoms with Gasteiger partial charge in [0.25, 0.3) is 0 Å². The van der Waals surface area contributed by atoms with Crippen molar-refractivity contribution in [1.29, 1.82) is 0 Å². The Morgan fingerprint density at radius 2 is 1.72 bits per heavy atom. The Morgan fingerprint density at radius 1 is 1.04 bits per heavy atom. The Balaban J connectivity index is 1.64.